The second kappa shape index (κ2) is 7.12. The quantitative estimate of drug-likeness (QED) is 0.369. The van der Waals surface area contributed by atoms with Crippen molar-refractivity contribution in [2.45, 2.75) is 6.92 Å². The monoisotopic (exact) mass is 374 g/mol. The van der Waals surface area contributed by atoms with Crippen LogP contribution in [0.2, 0.25) is 0 Å². The average Bonchev–Trinajstić information content (AvgIpc) is 2.99. The summed E-state index contributed by atoms with van der Waals surface area (Å²) in [5, 5.41) is 0. The third kappa shape index (κ3) is 3.55. The molecule has 0 saturated heterocycles. The molecule has 0 aliphatic carbocycles. The van der Waals surface area contributed by atoms with Crippen LogP contribution in [0.25, 0.3) is 6.08 Å². The van der Waals surface area contributed by atoms with Crippen LogP contribution in [0.1, 0.15) is 31.8 Å². The van der Waals surface area contributed by atoms with Crippen molar-refractivity contribution in [3.63, 3.8) is 0 Å². The van der Waals surface area contributed by atoms with E-state index >= 15 is 0 Å². The molecule has 1 aliphatic heterocycles. The highest BCUT2D eigenvalue weighted by atomic mass is 19.1. The van der Waals surface area contributed by atoms with E-state index in [0.717, 1.165) is 5.56 Å². The van der Waals surface area contributed by atoms with E-state index in [0.29, 0.717) is 22.4 Å². The van der Waals surface area contributed by atoms with Crippen molar-refractivity contribution in [3.8, 4) is 11.5 Å². The minimum atomic E-state index is -0.494. The zero-order valence-corrected chi connectivity index (χ0v) is 14.9. The summed E-state index contributed by atoms with van der Waals surface area (Å²) in [5.41, 5.74) is 2.49. The van der Waals surface area contributed by atoms with Gasteiger partial charge >= 0.3 is 5.97 Å². The van der Waals surface area contributed by atoms with Gasteiger partial charge in [0.2, 0.25) is 5.78 Å². The number of benzene rings is 3. The number of rotatable bonds is 3. The third-order valence-corrected chi connectivity index (χ3v) is 4.31. The van der Waals surface area contributed by atoms with Crippen LogP contribution in [0.15, 0.2) is 72.5 Å². The minimum Gasteiger partial charge on any atom is -0.452 e. The summed E-state index contributed by atoms with van der Waals surface area (Å²) >= 11 is 0. The lowest BCUT2D eigenvalue weighted by molar-refractivity contribution is 0.0734. The minimum absolute atomic E-state index is 0.128. The van der Waals surface area contributed by atoms with E-state index in [1.807, 2.05) is 19.1 Å². The van der Waals surface area contributed by atoms with E-state index in [4.69, 9.17) is 9.47 Å². The molecule has 4 nitrogen and oxygen atoms in total. The van der Waals surface area contributed by atoms with Crippen molar-refractivity contribution < 1.29 is 23.5 Å². The number of esters is 1. The lowest BCUT2D eigenvalue weighted by atomic mass is 10.1. The van der Waals surface area contributed by atoms with Gasteiger partial charge < -0.3 is 9.47 Å². The Morgan fingerprint density at radius 1 is 1.00 bits per heavy atom. The maximum absolute atomic E-state index is 13.0. The van der Waals surface area contributed by atoms with E-state index in [-0.39, 0.29) is 23.1 Å². The Bertz CT molecular complexity index is 1100. The number of halogens is 1. The summed E-state index contributed by atoms with van der Waals surface area (Å²) in [5.74, 6) is -0.414. The second-order valence-corrected chi connectivity index (χ2v) is 6.40. The number of fused-ring (bicyclic) bond motifs is 1. The molecule has 0 saturated carbocycles. The Balaban J connectivity index is 1.54. The number of ether oxygens (including phenoxy) is 2. The Kier molecular flexibility index (Phi) is 4.49. The van der Waals surface area contributed by atoms with E-state index in [9.17, 15) is 14.0 Å². The smallest absolute Gasteiger partial charge is 0.343 e. The molecule has 0 atom stereocenters. The normalized spacial score (nSPS) is 13.9. The third-order valence-electron chi connectivity index (χ3n) is 4.31. The Labute approximate surface area is 160 Å². The van der Waals surface area contributed by atoms with Gasteiger partial charge in [0.05, 0.1) is 11.1 Å². The molecule has 4 rings (SSSR count). The predicted molar refractivity (Wildman–Crippen MR) is 102 cm³/mol. The van der Waals surface area contributed by atoms with E-state index in [1.165, 1.54) is 18.2 Å². The fourth-order valence-electron chi connectivity index (χ4n) is 2.80. The number of carbonyl (C=O) groups excluding carboxylic acids is 2. The average molecular weight is 374 g/mol. The molecule has 138 valence electrons. The molecule has 0 bridgehead atoms. The van der Waals surface area contributed by atoms with E-state index in [1.54, 1.807) is 42.5 Å². The number of aryl methyl sites for hydroxylation is 1. The van der Waals surface area contributed by atoms with Crippen molar-refractivity contribution in [3.05, 3.63) is 101 Å². The Hall–Kier alpha value is -3.73. The largest absolute Gasteiger partial charge is 0.452 e. The molecule has 3 aromatic rings. The van der Waals surface area contributed by atoms with Gasteiger partial charge in [0.25, 0.3) is 0 Å². The fourth-order valence-corrected chi connectivity index (χ4v) is 2.80. The predicted octanol–water partition coefficient (Wildman–Crippen LogP) is 4.97. The SMILES string of the molecule is Cc1ccc(C(=O)Oc2ccc3c(c2)O/C(=C\c2ccc(F)cc2)C3=O)cc1. The summed E-state index contributed by atoms with van der Waals surface area (Å²) in [6, 6.07) is 17.4. The summed E-state index contributed by atoms with van der Waals surface area (Å²) in [7, 11) is 0. The van der Waals surface area contributed by atoms with Crippen molar-refractivity contribution >= 4 is 17.8 Å². The number of hydrogen-bond donors (Lipinski definition) is 0. The highest BCUT2D eigenvalue weighted by Gasteiger charge is 2.28. The van der Waals surface area contributed by atoms with E-state index in [2.05, 4.69) is 0 Å². The zero-order valence-electron chi connectivity index (χ0n) is 14.9. The summed E-state index contributed by atoms with van der Waals surface area (Å²) < 4.78 is 24.0. The van der Waals surface area contributed by atoms with Crippen molar-refractivity contribution in [1.29, 1.82) is 0 Å². The number of Topliss-reactive ketones (excluding diaryl/α,β-unsaturated/α-hetero) is 1. The van der Waals surface area contributed by atoms with Gasteiger partial charge in [-0.1, -0.05) is 29.8 Å². The molecule has 0 aromatic heterocycles. The standard InChI is InChI=1S/C23H15FO4/c1-14-2-6-16(7-3-14)23(26)27-18-10-11-19-20(13-18)28-21(22(19)25)12-15-4-8-17(24)9-5-15/h2-13H,1H3/b21-12-. The molecular formula is C23H15FO4. The van der Waals surface area contributed by atoms with Crippen molar-refractivity contribution in [1.82, 2.24) is 0 Å². The van der Waals surface area contributed by atoms with Gasteiger partial charge in [-0.3, -0.25) is 4.79 Å². The number of ketones is 1. The molecule has 0 radical (unpaired) electrons. The van der Waals surface area contributed by atoms with Crippen molar-refractivity contribution in [2.75, 3.05) is 0 Å². The Morgan fingerprint density at radius 3 is 2.43 bits per heavy atom. The van der Waals surface area contributed by atoms with Crippen LogP contribution in [-0.4, -0.2) is 11.8 Å². The van der Waals surface area contributed by atoms with Crippen molar-refractivity contribution in [2.24, 2.45) is 0 Å². The van der Waals surface area contributed by atoms with Crippen LogP contribution in [0.4, 0.5) is 4.39 Å². The van der Waals surface area contributed by atoms with Gasteiger partial charge in [-0.25, -0.2) is 9.18 Å². The van der Waals surface area contributed by atoms with Crippen LogP contribution in [0.3, 0.4) is 0 Å². The zero-order chi connectivity index (χ0) is 19.7. The molecule has 3 aromatic carbocycles. The lowest BCUT2D eigenvalue weighted by Gasteiger charge is -2.06. The number of hydrogen-bond acceptors (Lipinski definition) is 4. The maximum atomic E-state index is 13.0. The number of allylic oxidation sites excluding steroid dienone is 1. The van der Waals surface area contributed by atoms with Crippen LogP contribution in [-0.2, 0) is 0 Å². The molecule has 5 heteroatoms. The summed E-state index contributed by atoms with van der Waals surface area (Å²) in [6.45, 7) is 1.93. The van der Waals surface area contributed by atoms with Gasteiger partial charge in [0.1, 0.15) is 17.3 Å². The molecule has 0 fully saturated rings. The highest BCUT2D eigenvalue weighted by molar-refractivity contribution is 6.14. The molecule has 0 N–H and O–H groups in total. The van der Waals surface area contributed by atoms with E-state index < -0.39 is 5.97 Å². The maximum Gasteiger partial charge on any atom is 0.343 e. The fraction of sp³-hybridized carbons (Fsp3) is 0.0435. The molecule has 0 amide bonds. The molecule has 28 heavy (non-hydrogen) atoms. The second-order valence-electron chi connectivity index (χ2n) is 6.40. The first-order valence-electron chi connectivity index (χ1n) is 8.62. The molecule has 0 spiro atoms. The Morgan fingerprint density at radius 2 is 1.71 bits per heavy atom. The molecular weight excluding hydrogens is 359 g/mol. The first-order valence-corrected chi connectivity index (χ1v) is 8.62. The summed E-state index contributed by atoms with van der Waals surface area (Å²) in [4.78, 5) is 24.7. The first kappa shape index (κ1) is 17.7. The van der Waals surface area contributed by atoms with Gasteiger partial charge in [-0.15, -0.1) is 0 Å². The van der Waals surface area contributed by atoms with Gasteiger partial charge in [-0.2, -0.15) is 0 Å². The highest BCUT2D eigenvalue weighted by Crippen LogP contribution is 2.35. The van der Waals surface area contributed by atoms with Crippen LogP contribution >= 0.6 is 0 Å². The van der Waals surface area contributed by atoms with Crippen LogP contribution in [0.5, 0.6) is 11.5 Å². The van der Waals surface area contributed by atoms with Gasteiger partial charge in [-0.05, 0) is 55.0 Å². The van der Waals surface area contributed by atoms with Gasteiger partial charge in [0.15, 0.2) is 5.76 Å². The van der Waals surface area contributed by atoms with Crippen LogP contribution < -0.4 is 9.47 Å². The van der Waals surface area contributed by atoms with Crippen LogP contribution in [0, 0.1) is 12.7 Å². The molecule has 1 heterocycles. The molecule has 1 aliphatic rings. The lowest BCUT2D eigenvalue weighted by Crippen LogP contribution is -2.08. The van der Waals surface area contributed by atoms with Gasteiger partial charge in [0, 0.05) is 6.07 Å². The molecule has 0 unspecified atom stereocenters. The topological polar surface area (TPSA) is 52.6 Å². The summed E-state index contributed by atoms with van der Waals surface area (Å²) in [6.07, 6.45) is 1.54. The first-order chi connectivity index (χ1) is 13.5. The number of carbonyl (C=O) groups is 2.